The lowest BCUT2D eigenvalue weighted by Crippen LogP contribution is -2.53. The average molecular weight is 396 g/mol. The monoisotopic (exact) mass is 396 g/mol. The highest BCUT2D eigenvalue weighted by Gasteiger charge is 2.45. The highest BCUT2D eigenvalue weighted by atomic mass is 16.5. The van der Waals surface area contributed by atoms with Gasteiger partial charge in [-0.3, -0.25) is 4.79 Å². The first-order chi connectivity index (χ1) is 14.0. The van der Waals surface area contributed by atoms with Gasteiger partial charge in [0.1, 0.15) is 28.4 Å². The molecule has 0 atom stereocenters. The summed E-state index contributed by atoms with van der Waals surface area (Å²) in [7, 11) is 3.09. The summed E-state index contributed by atoms with van der Waals surface area (Å²) >= 11 is 0. The minimum atomic E-state index is -0.606. The molecule has 2 heterocycles. The van der Waals surface area contributed by atoms with Crippen LogP contribution in [0, 0.1) is 0 Å². The zero-order valence-electron chi connectivity index (χ0n) is 16.6. The topological polar surface area (TPSA) is 77.1 Å². The number of hydrogen-bond acceptors (Lipinski definition) is 5. The van der Waals surface area contributed by atoms with Crippen LogP contribution in [-0.4, -0.2) is 49.6 Å². The van der Waals surface area contributed by atoms with Gasteiger partial charge in [0, 0.05) is 43.8 Å². The van der Waals surface area contributed by atoms with E-state index in [1.807, 2.05) is 30.3 Å². The van der Waals surface area contributed by atoms with E-state index in [0.29, 0.717) is 48.7 Å². The molecule has 29 heavy (non-hydrogen) atoms. The first-order valence-corrected chi connectivity index (χ1v) is 9.63. The number of carbonyl (C=O) groups is 2. The Morgan fingerprint density at radius 2 is 1.83 bits per heavy atom. The molecule has 7 heteroatoms. The third-order valence-corrected chi connectivity index (χ3v) is 5.57. The number of amides is 2. The van der Waals surface area contributed by atoms with Crippen molar-refractivity contribution in [3.05, 3.63) is 48.0 Å². The second-order valence-electron chi connectivity index (χ2n) is 7.37. The zero-order valence-corrected chi connectivity index (χ0v) is 16.6. The number of piperidine rings is 1. The van der Waals surface area contributed by atoms with Crippen molar-refractivity contribution in [2.45, 2.75) is 24.9 Å². The Balaban J connectivity index is 1.48. The van der Waals surface area contributed by atoms with Crippen molar-refractivity contribution >= 4 is 17.5 Å². The fraction of sp³-hybridized carbons (Fsp3) is 0.364. The minimum Gasteiger partial charge on any atom is -0.496 e. The number of anilines is 1. The molecule has 0 radical (unpaired) electrons. The maximum absolute atomic E-state index is 12.9. The number of carbonyl (C=O) groups excluding carboxylic acids is 2. The summed E-state index contributed by atoms with van der Waals surface area (Å²) in [5.41, 5.74) is 0.614. The van der Waals surface area contributed by atoms with E-state index in [2.05, 4.69) is 5.32 Å². The van der Waals surface area contributed by atoms with Gasteiger partial charge in [0.15, 0.2) is 5.78 Å². The minimum absolute atomic E-state index is 0.00654. The summed E-state index contributed by atoms with van der Waals surface area (Å²) in [6, 6.07) is 12.6. The van der Waals surface area contributed by atoms with E-state index >= 15 is 0 Å². The molecule has 152 valence electrons. The molecular weight excluding hydrogens is 372 g/mol. The standard InChI is InChI=1S/C22H24N2O5/c1-27-16-12-18(28-2)20-17(25)14-22(29-19(20)13-16)8-10-24(11-9-22)21(26)23-15-6-4-3-5-7-15/h3-7,12-13H,8-11,14H2,1-2H3,(H,23,26). The first kappa shape index (κ1) is 19.1. The Hall–Kier alpha value is -3.22. The van der Waals surface area contributed by atoms with Crippen LogP contribution in [0.25, 0.3) is 0 Å². The normalized spacial score (nSPS) is 17.3. The Kier molecular flexibility index (Phi) is 5.05. The second-order valence-corrected chi connectivity index (χ2v) is 7.37. The van der Waals surface area contributed by atoms with Crippen LogP contribution in [0.15, 0.2) is 42.5 Å². The van der Waals surface area contributed by atoms with Gasteiger partial charge in [0.25, 0.3) is 0 Å². The van der Waals surface area contributed by atoms with Crippen molar-refractivity contribution in [3.63, 3.8) is 0 Å². The van der Waals surface area contributed by atoms with E-state index in [4.69, 9.17) is 14.2 Å². The largest absolute Gasteiger partial charge is 0.496 e. The number of Topliss-reactive ketones (excluding diaryl/α,β-unsaturated/α-hetero) is 1. The number of methoxy groups -OCH3 is 2. The van der Waals surface area contributed by atoms with Gasteiger partial charge in [-0.25, -0.2) is 4.79 Å². The molecule has 2 aromatic carbocycles. The average Bonchev–Trinajstić information content (AvgIpc) is 2.73. The number of nitrogens with one attached hydrogen (secondary N) is 1. The Morgan fingerprint density at radius 3 is 2.48 bits per heavy atom. The number of urea groups is 1. The van der Waals surface area contributed by atoms with Crippen molar-refractivity contribution in [2.24, 2.45) is 0 Å². The third-order valence-electron chi connectivity index (χ3n) is 5.57. The fourth-order valence-electron chi connectivity index (χ4n) is 3.97. The molecular formula is C22H24N2O5. The van der Waals surface area contributed by atoms with Gasteiger partial charge in [-0.15, -0.1) is 0 Å². The van der Waals surface area contributed by atoms with Gasteiger partial charge in [-0.1, -0.05) is 18.2 Å². The Labute approximate surface area is 169 Å². The summed E-state index contributed by atoms with van der Waals surface area (Å²) in [6.45, 7) is 1.03. The second kappa shape index (κ2) is 7.66. The van der Waals surface area contributed by atoms with Gasteiger partial charge in [-0.2, -0.15) is 0 Å². The number of hydrogen-bond donors (Lipinski definition) is 1. The predicted molar refractivity (Wildman–Crippen MR) is 108 cm³/mol. The molecule has 2 aromatic rings. The van der Waals surface area contributed by atoms with Gasteiger partial charge >= 0.3 is 6.03 Å². The molecule has 1 spiro atoms. The number of ether oxygens (including phenoxy) is 3. The molecule has 2 aliphatic rings. The molecule has 0 aromatic heterocycles. The van der Waals surface area contributed by atoms with Crippen molar-refractivity contribution in [2.75, 3.05) is 32.6 Å². The summed E-state index contributed by atoms with van der Waals surface area (Å²) < 4.78 is 17.0. The predicted octanol–water partition coefficient (Wildman–Crippen LogP) is 3.74. The molecule has 2 aliphatic heterocycles. The molecule has 0 aliphatic carbocycles. The number of likely N-dealkylation sites (tertiary alicyclic amines) is 1. The quantitative estimate of drug-likeness (QED) is 0.855. The van der Waals surface area contributed by atoms with Crippen LogP contribution in [0.3, 0.4) is 0 Å². The lowest BCUT2D eigenvalue weighted by atomic mass is 9.82. The van der Waals surface area contributed by atoms with Crippen LogP contribution in [-0.2, 0) is 0 Å². The lowest BCUT2D eigenvalue weighted by Gasteiger charge is -2.44. The number of nitrogens with zero attached hydrogens (tertiary/aromatic N) is 1. The number of ketones is 1. The first-order valence-electron chi connectivity index (χ1n) is 9.63. The van der Waals surface area contributed by atoms with E-state index in [-0.39, 0.29) is 18.2 Å². The molecule has 1 fully saturated rings. The maximum Gasteiger partial charge on any atom is 0.321 e. The van der Waals surface area contributed by atoms with Gasteiger partial charge in [0.05, 0.1) is 20.6 Å². The molecule has 0 unspecified atom stereocenters. The number of rotatable bonds is 3. The van der Waals surface area contributed by atoms with Crippen LogP contribution in [0.1, 0.15) is 29.6 Å². The molecule has 0 saturated carbocycles. The Bertz CT molecular complexity index is 920. The van der Waals surface area contributed by atoms with Gasteiger partial charge < -0.3 is 24.4 Å². The number of para-hydroxylation sites is 1. The van der Waals surface area contributed by atoms with Crippen LogP contribution in [0.2, 0.25) is 0 Å². The van der Waals surface area contributed by atoms with Crippen LogP contribution in [0.4, 0.5) is 10.5 Å². The molecule has 7 nitrogen and oxygen atoms in total. The van der Waals surface area contributed by atoms with Crippen molar-refractivity contribution in [1.82, 2.24) is 4.90 Å². The fourth-order valence-corrected chi connectivity index (χ4v) is 3.97. The number of benzene rings is 2. The van der Waals surface area contributed by atoms with E-state index in [0.717, 1.165) is 5.69 Å². The van der Waals surface area contributed by atoms with Crippen LogP contribution >= 0.6 is 0 Å². The molecule has 0 bridgehead atoms. The van der Waals surface area contributed by atoms with E-state index < -0.39 is 5.60 Å². The van der Waals surface area contributed by atoms with Crippen molar-refractivity contribution in [3.8, 4) is 17.2 Å². The van der Waals surface area contributed by atoms with Gasteiger partial charge in [-0.05, 0) is 12.1 Å². The smallest absolute Gasteiger partial charge is 0.321 e. The summed E-state index contributed by atoms with van der Waals surface area (Å²) in [5.74, 6) is 1.51. The van der Waals surface area contributed by atoms with Crippen LogP contribution < -0.4 is 19.5 Å². The van der Waals surface area contributed by atoms with Gasteiger partial charge in [0.2, 0.25) is 0 Å². The summed E-state index contributed by atoms with van der Waals surface area (Å²) in [5, 5.41) is 2.90. The number of fused-ring (bicyclic) bond motifs is 1. The van der Waals surface area contributed by atoms with E-state index in [9.17, 15) is 9.59 Å². The van der Waals surface area contributed by atoms with E-state index in [1.165, 1.54) is 7.11 Å². The SMILES string of the molecule is COc1cc(OC)c2c(c1)OC1(CCN(C(=O)Nc3ccccc3)CC1)CC2=O. The third kappa shape index (κ3) is 3.72. The van der Waals surface area contributed by atoms with Crippen molar-refractivity contribution < 1.29 is 23.8 Å². The zero-order chi connectivity index (χ0) is 20.4. The highest BCUT2D eigenvalue weighted by Crippen LogP contribution is 2.44. The summed E-state index contributed by atoms with van der Waals surface area (Å²) in [6.07, 6.45) is 1.44. The maximum atomic E-state index is 12.9. The van der Waals surface area contributed by atoms with Crippen molar-refractivity contribution in [1.29, 1.82) is 0 Å². The van der Waals surface area contributed by atoms with Crippen LogP contribution in [0.5, 0.6) is 17.2 Å². The molecule has 4 rings (SSSR count). The molecule has 1 N–H and O–H groups in total. The highest BCUT2D eigenvalue weighted by molar-refractivity contribution is 6.03. The van der Waals surface area contributed by atoms with E-state index in [1.54, 1.807) is 24.1 Å². The Morgan fingerprint density at radius 1 is 1.10 bits per heavy atom. The molecule has 2 amide bonds. The molecule has 1 saturated heterocycles. The summed E-state index contributed by atoms with van der Waals surface area (Å²) in [4.78, 5) is 27.2. The lowest BCUT2D eigenvalue weighted by molar-refractivity contribution is -0.0000936.